The normalized spacial score (nSPS) is 23.2. The summed E-state index contributed by atoms with van der Waals surface area (Å²) in [5.41, 5.74) is 4.92. The quantitative estimate of drug-likeness (QED) is 0.635. The summed E-state index contributed by atoms with van der Waals surface area (Å²) in [4.78, 5) is 13.6. The fraction of sp³-hybridized carbons (Fsp3) is 0.211. The van der Waals surface area contributed by atoms with Gasteiger partial charge in [-0.15, -0.1) is 0 Å². The SMILES string of the molecule is CN1/C(=C\C=C2/C=CC(=O)C=C2I)C(C)(C)c2ccccc21. The molecule has 0 fully saturated rings. The Bertz CT molecular complexity index is 765. The zero-order valence-corrected chi connectivity index (χ0v) is 15.1. The molecule has 0 saturated heterocycles. The zero-order chi connectivity index (χ0) is 15.9. The number of likely N-dealkylation sites (N-methyl/N-ethyl adjacent to an activating group) is 1. The van der Waals surface area contributed by atoms with Gasteiger partial charge in [0.1, 0.15) is 0 Å². The van der Waals surface area contributed by atoms with Crippen LogP contribution in [0.1, 0.15) is 19.4 Å². The van der Waals surface area contributed by atoms with E-state index in [1.807, 2.05) is 6.08 Å². The molecule has 1 heterocycles. The maximum atomic E-state index is 11.4. The molecule has 0 saturated carbocycles. The molecular formula is C19H18INO. The molecule has 2 aliphatic rings. The summed E-state index contributed by atoms with van der Waals surface area (Å²) in [6.45, 7) is 4.50. The van der Waals surface area contributed by atoms with Gasteiger partial charge in [-0.25, -0.2) is 0 Å². The van der Waals surface area contributed by atoms with Gasteiger partial charge in [0, 0.05) is 27.4 Å². The highest BCUT2D eigenvalue weighted by atomic mass is 127. The molecule has 1 aliphatic carbocycles. The maximum Gasteiger partial charge on any atom is 0.179 e. The zero-order valence-electron chi connectivity index (χ0n) is 12.9. The van der Waals surface area contributed by atoms with Crippen molar-refractivity contribution in [1.29, 1.82) is 0 Å². The average Bonchev–Trinajstić information content (AvgIpc) is 2.67. The third-order valence-corrected chi connectivity index (χ3v) is 5.27. The number of para-hydroxylation sites is 1. The van der Waals surface area contributed by atoms with Gasteiger partial charge < -0.3 is 4.90 Å². The number of carbonyl (C=O) groups is 1. The first-order chi connectivity index (χ1) is 10.4. The van der Waals surface area contributed by atoms with Crippen LogP contribution in [0.5, 0.6) is 0 Å². The van der Waals surface area contributed by atoms with Gasteiger partial charge in [0.15, 0.2) is 5.78 Å². The topological polar surface area (TPSA) is 20.3 Å². The molecule has 112 valence electrons. The molecule has 3 heteroatoms. The van der Waals surface area contributed by atoms with E-state index in [4.69, 9.17) is 0 Å². The number of nitrogens with zero attached hydrogens (tertiary/aromatic N) is 1. The van der Waals surface area contributed by atoms with Crippen LogP contribution < -0.4 is 4.90 Å². The predicted octanol–water partition coefficient (Wildman–Crippen LogP) is 4.68. The number of allylic oxidation sites excluding steroid dienone is 8. The fourth-order valence-electron chi connectivity index (χ4n) is 3.11. The van der Waals surface area contributed by atoms with Crippen LogP contribution in [0.15, 0.2) is 69.5 Å². The Labute approximate surface area is 145 Å². The lowest BCUT2D eigenvalue weighted by atomic mass is 9.83. The van der Waals surface area contributed by atoms with Crippen molar-refractivity contribution in [2.75, 3.05) is 11.9 Å². The molecule has 0 unspecified atom stereocenters. The molecule has 0 spiro atoms. The Morgan fingerprint density at radius 1 is 1.14 bits per heavy atom. The van der Waals surface area contributed by atoms with Crippen molar-refractivity contribution in [2.24, 2.45) is 0 Å². The first kappa shape index (κ1) is 15.3. The number of benzene rings is 1. The summed E-state index contributed by atoms with van der Waals surface area (Å²) in [6.07, 6.45) is 9.44. The molecule has 3 rings (SSSR count). The number of carbonyl (C=O) groups excluding carboxylic acids is 1. The second-order valence-corrected chi connectivity index (χ2v) is 7.27. The molecule has 0 radical (unpaired) electrons. The second kappa shape index (κ2) is 5.54. The fourth-order valence-corrected chi connectivity index (χ4v) is 3.78. The molecule has 1 aliphatic heterocycles. The van der Waals surface area contributed by atoms with Gasteiger partial charge in [0.25, 0.3) is 0 Å². The van der Waals surface area contributed by atoms with Crippen molar-refractivity contribution < 1.29 is 4.79 Å². The minimum absolute atomic E-state index is 0.0221. The van der Waals surface area contributed by atoms with Crippen LogP contribution in [0, 0.1) is 0 Å². The van der Waals surface area contributed by atoms with Crippen LogP contribution in [0.4, 0.5) is 5.69 Å². The van der Waals surface area contributed by atoms with E-state index in [1.54, 1.807) is 12.2 Å². The molecule has 0 N–H and O–H groups in total. The Balaban J connectivity index is 2.01. The molecule has 22 heavy (non-hydrogen) atoms. The van der Waals surface area contributed by atoms with Gasteiger partial charge in [-0.3, -0.25) is 4.79 Å². The van der Waals surface area contributed by atoms with E-state index in [-0.39, 0.29) is 11.2 Å². The van der Waals surface area contributed by atoms with Crippen molar-refractivity contribution in [3.8, 4) is 0 Å². The van der Waals surface area contributed by atoms with Crippen LogP contribution in [0.3, 0.4) is 0 Å². The minimum Gasteiger partial charge on any atom is -0.347 e. The van der Waals surface area contributed by atoms with E-state index >= 15 is 0 Å². The summed E-state index contributed by atoms with van der Waals surface area (Å²) >= 11 is 2.21. The largest absolute Gasteiger partial charge is 0.347 e. The number of rotatable bonds is 1. The van der Waals surface area contributed by atoms with Gasteiger partial charge in [-0.2, -0.15) is 0 Å². The lowest BCUT2D eigenvalue weighted by Gasteiger charge is -2.23. The number of hydrogen-bond acceptors (Lipinski definition) is 2. The number of fused-ring (bicyclic) bond motifs is 1. The van der Waals surface area contributed by atoms with Crippen LogP contribution in [0.25, 0.3) is 0 Å². The minimum atomic E-state index is -0.0221. The molecule has 0 atom stereocenters. The third kappa shape index (κ3) is 2.47. The summed E-state index contributed by atoms with van der Waals surface area (Å²) in [7, 11) is 2.11. The Morgan fingerprint density at radius 2 is 1.86 bits per heavy atom. The van der Waals surface area contributed by atoms with Gasteiger partial charge >= 0.3 is 0 Å². The molecule has 0 amide bonds. The number of ketones is 1. The summed E-state index contributed by atoms with van der Waals surface area (Å²) in [6, 6.07) is 8.53. The third-order valence-electron chi connectivity index (χ3n) is 4.33. The Hall–Kier alpha value is -1.62. The lowest BCUT2D eigenvalue weighted by molar-refractivity contribution is -0.110. The van der Waals surface area contributed by atoms with E-state index < -0.39 is 0 Å². The van der Waals surface area contributed by atoms with Crippen LogP contribution >= 0.6 is 22.6 Å². The summed E-state index contributed by atoms with van der Waals surface area (Å²) in [5.74, 6) is 0.0555. The number of halogens is 1. The summed E-state index contributed by atoms with van der Waals surface area (Å²) in [5, 5.41) is 0. The van der Waals surface area contributed by atoms with Crippen LogP contribution in [0.2, 0.25) is 0 Å². The summed E-state index contributed by atoms with van der Waals surface area (Å²) < 4.78 is 0.984. The van der Waals surface area contributed by atoms with Crippen molar-refractivity contribution in [3.05, 3.63) is 75.1 Å². The Morgan fingerprint density at radius 3 is 2.55 bits per heavy atom. The van der Waals surface area contributed by atoms with E-state index in [0.29, 0.717) is 0 Å². The molecule has 0 bridgehead atoms. The van der Waals surface area contributed by atoms with E-state index in [9.17, 15) is 4.79 Å². The monoisotopic (exact) mass is 403 g/mol. The first-order valence-electron chi connectivity index (χ1n) is 7.26. The van der Waals surface area contributed by atoms with Crippen molar-refractivity contribution in [3.63, 3.8) is 0 Å². The standard InChI is InChI=1S/C19H18INO/c1-19(2)15-6-4-5-7-17(15)21(3)18(19)11-9-13-8-10-14(22)12-16(13)20/h4-12H,1-3H3/b13-9+,18-11-. The number of anilines is 1. The molecule has 1 aromatic rings. The van der Waals surface area contributed by atoms with Crippen LogP contribution in [-0.4, -0.2) is 12.8 Å². The van der Waals surface area contributed by atoms with E-state index in [2.05, 4.69) is 84.8 Å². The molecule has 1 aromatic carbocycles. The smallest absolute Gasteiger partial charge is 0.179 e. The van der Waals surface area contributed by atoms with Crippen molar-refractivity contribution in [2.45, 2.75) is 19.3 Å². The maximum absolute atomic E-state index is 11.4. The average molecular weight is 403 g/mol. The highest BCUT2D eigenvalue weighted by Crippen LogP contribution is 2.46. The van der Waals surface area contributed by atoms with Gasteiger partial charge in [0.05, 0.1) is 0 Å². The van der Waals surface area contributed by atoms with Crippen molar-refractivity contribution >= 4 is 34.1 Å². The van der Waals surface area contributed by atoms with E-state index in [1.165, 1.54) is 16.9 Å². The molecule has 2 nitrogen and oxygen atoms in total. The van der Waals surface area contributed by atoms with E-state index in [0.717, 1.165) is 9.15 Å². The molecule has 0 aromatic heterocycles. The Kier molecular flexibility index (Phi) is 3.85. The van der Waals surface area contributed by atoms with Gasteiger partial charge in [0.2, 0.25) is 0 Å². The highest BCUT2D eigenvalue weighted by Gasteiger charge is 2.37. The number of hydrogen-bond donors (Lipinski definition) is 0. The lowest BCUT2D eigenvalue weighted by Crippen LogP contribution is -2.22. The predicted molar refractivity (Wildman–Crippen MR) is 100 cm³/mol. The second-order valence-electron chi connectivity index (χ2n) is 6.10. The van der Waals surface area contributed by atoms with Gasteiger partial charge in [-0.05, 0) is 58.0 Å². The van der Waals surface area contributed by atoms with Crippen LogP contribution in [-0.2, 0) is 10.2 Å². The first-order valence-corrected chi connectivity index (χ1v) is 8.34. The van der Waals surface area contributed by atoms with Crippen molar-refractivity contribution in [1.82, 2.24) is 0 Å². The molecular weight excluding hydrogens is 385 g/mol. The highest BCUT2D eigenvalue weighted by molar-refractivity contribution is 14.1. The van der Waals surface area contributed by atoms with Gasteiger partial charge in [-0.1, -0.05) is 44.2 Å².